The number of esters is 3. The summed E-state index contributed by atoms with van der Waals surface area (Å²) in [7, 11) is 0. The van der Waals surface area contributed by atoms with Gasteiger partial charge in [-0.3, -0.25) is 14.4 Å². The summed E-state index contributed by atoms with van der Waals surface area (Å²) in [5, 5.41) is 0. The number of rotatable bonds is 64. The smallest absolute Gasteiger partial charge is 0.306 e. The van der Waals surface area contributed by atoms with Crippen molar-refractivity contribution in [3.8, 4) is 0 Å². The molecule has 0 amide bonds. The van der Waals surface area contributed by atoms with Gasteiger partial charge < -0.3 is 14.2 Å². The molecular formula is C75H132O6. The summed E-state index contributed by atoms with van der Waals surface area (Å²) in [6.07, 6.45) is 91.7. The normalized spacial score (nSPS) is 12.6. The van der Waals surface area contributed by atoms with Gasteiger partial charge in [0.25, 0.3) is 0 Å². The monoisotopic (exact) mass is 1130 g/mol. The van der Waals surface area contributed by atoms with E-state index in [4.69, 9.17) is 14.2 Å². The maximum Gasteiger partial charge on any atom is 0.306 e. The summed E-state index contributed by atoms with van der Waals surface area (Å²) in [4.78, 5) is 38.5. The topological polar surface area (TPSA) is 78.9 Å². The van der Waals surface area contributed by atoms with Gasteiger partial charge in [-0.15, -0.1) is 0 Å². The van der Waals surface area contributed by atoms with Crippen molar-refractivity contribution in [2.24, 2.45) is 0 Å². The molecule has 0 aromatic heterocycles. The second-order valence-corrected chi connectivity index (χ2v) is 23.4. The van der Waals surface area contributed by atoms with Crippen molar-refractivity contribution in [1.82, 2.24) is 0 Å². The van der Waals surface area contributed by atoms with E-state index in [-0.39, 0.29) is 31.1 Å². The van der Waals surface area contributed by atoms with E-state index in [1.54, 1.807) is 0 Å². The van der Waals surface area contributed by atoms with Crippen LogP contribution in [0.4, 0.5) is 0 Å². The van der Waals surface area contributed by atoms with Crippen LogP contribution in [0.15, 0.2) is 85.1 Å². The third-order valence-electron chi connectivity index (χ3n) is 15.4. The maximum absolute atomic E-state index is 13.0. The largest absolute Gasteiger partial charge is 0.462 e. The highest BCUT2D eigenvalue weighted by atomic mass is 16.6. The van der Waals surface area contributed by atoms with Crippen LogP contribution in [0.25, 0.3) is 0 Å². The molecule has 468 valence electrons. The van der Waals surface area contributed by atoms with Crippen LogP contribution in [-0.4, -0.2) is 37.2 Å². The van der Waals surface area contributed by atoms with E-state index >= 15 is 0 Å². The molecule has 0 saturated heterocycles. The van der Waals surface area contributed by atoms with Gasteiger partial charge >= 0.3 is 17.9 Å². The molecule has 0 aliphatic carbocycles. The molecule has 0 aromatic carbocycles. The number of ether oxygens (including phenoxy) is 3. The highest BCUT2D eigenvalue weighted by molar-refractivity contribution is 5.71. The fraction of sp³-hybridized carbons (Fsp3) is 0.773. The summed E-state index contributed by atoms with van der Waals surface area (Å²) < 4.78 is 17.0. The van der Waals surface area contributed by atoms with Crippen molar-refractivity contribution in [2.75, 3.05) is 13.2 Å². The molecule has 81 heavy (non-hydrogen) atoms. The second kappa shape index (κ2) is 69.1. The fourth-order valence-electron chi connectivity index (χ4n) is 10.2. The summed E-state index contributed by atoms with van der Waals surface area (Å²) in [6, 6.07) is 0. The summed E-state index contributed by atoms with van der Waals surface area (Å²) >= 11 is 0. The van der Waals surface area contributed by atoms with E-state index < -0.39 is 6.10 Å². The van der Waals surface area contributed by atoms with Gasteiger partial charge in [0.15, 0.2) is 6.10 Å². The Kier molecular flexibility index (Phi) is 66.2. The molecule has 0 bridgehead atoms. The molecule has 6 nitrogen and oxygen atoms in total. The fourth-order valence-corrected chi connectivity index (χ4v) is 10.2. The first-order chi connectivity index (χ1) is 40.0. The highest BCUT2D eigenvalue weighted by Crippen LogP contribution is 2.18. The van der Waals surface area contributed by atoms with Crippen molar-refractivity contribution in [3.05, 3.63) is 85.1 Å². The molecule has 0 rings (SSSR count). The average Bonchev–Trinajstić information content (AvgIpc) is 3.47. The molecule has 0 N–H and O–H groups in total. The molecule has 0 fully saturated rings. The summed E-state index contributed by atoms with van der Waals surface area (Å²) in [6.45, 7) is 6.57. The maximum atomic E-state index is 13.0. The Morgan fingerprint density at radius 2 is 0.481 bits per heavy atom. The number of hydrogen-bond acceptors (Lipinski definition) is 6. The highest BCUT2D eigenvalue weighted by Gasteiger charge is 2.19. The lowest BCUT2D eigenvalue weighted by Crippen LogP contribution is -2.30. The van der Waals surface area contributed by atoms with Gasteiger partial charge in [-0.05, 0) is 77.0 Å². The zero-order valence-corrected chi connectivity index (χ0v) is 53.8. The summed E-state index contributed by atoms with van der Waals surface area (Å²) in [5.74, 6) is -0.875. The van der Waals surface area contributed by atoms with E-state index in [0.29, 0.717) is 19.3 Å². The minimum Gasteiger partial charge on any atom is -0.462 e. The third kappa shape index (κ3) is 67.3. The molecule has 1 atom stereocenters. The Labute approximate surface area is 503 Å². The van der Waals surface area contributed by atoms with Gasteiger partial charge in [0.05, 0.1) is 0 Å². The molecule has 0 aliphatic heterocycles. The average molecular weight is 1130 g/mol. The van der Waals surface area contributed by atoms with Gasteiger partial charge in [0.2, 0.25) is 0 Å². The van der Waals surface area contributed by atoms with Crippen molar-refractivity contribution in [1.29, 1.82) is 0 Å². The van der Waals surface area contributed by atoms with Crippen LogP contribution in [0.5, 0.6) is 0 Å². The number of carbonyl (C=O) groups excluding carboxylic acids is 3. The predicted octanol–water partition coefficient (Wildman–Crippen LogP) is 24.2. The van der Waals surface area contributed by atoms with E-state index in [0.717, 1.165) is 122 Å². The first-order valence-corrected chi connectivity index (χ1v) is 35.1. The quantitative estimate of drug-likeness (QED) is 0.0261. The number of carbonyl (C=O) groups is 3. The van der Waals surface area contributed by atoms with Gasteiger partial charge in [-0.25, -0.2) is 0 Å². The number of unbranched alkanes of at least 4 members (excludes halogenated alkanes) is 39. The van der Waals surface area contributed by atoms with Gasteiger partial charge in [-0.2, -0.15) is 0 Å². The van der Waals surface area contributed by atoms with Gasteiger partial charge in [0.1, 0.15) is 13.2 Å². The number of allylic oxidation sites excluding steroid dienone is 14. The van der Waals surface area contributed by atoms with Crippen molar-refractivity contribution >= 4 is 17.9 Å². The van der Waals surface area contributed by atoms with Crippen molar-refractivity contribution in [3.63, 3.8) is 0 Å². The minimum absolute atomic E-state index is 0.0775. The Bertz CT molecular complexity index is 1530. The molecule has 0 heterocycles. The molecule has 1 unspecified atom stereocenters. The Morgan fingerprint density at radius 1 is 0.259 bits per heavy atom. The van der Waals surface area contributed by atoms with Crippen molar-refractivity contribution < 1.29 is 28.6 Å². The van der Waals surface area contributed by atoms with E-state index in [1.807, 2.05) is 0 Å². The molecular weight excluding hydrogens is 997 g/mol. The molecule has 0 spiro atoms. The van der Waals surface area contributed by atoms with Crippen molar-refractivity contribution in [2.45, 2.75) is 361 Å². The van der Waals surface area contributed by atoms with Crippen LogP contribution in [-0.2, 0) is 28.6 Å². The van der Waals surface area contributed by atoms with Crippen LogP contribution in [0, 0.1) is 0 Å². The summed E-state index contributed by atoms with van der Waals surface area (Å²) in [5.41, 5.74) is 0. The third-order valence-corrected chi connectivity index (χ3v) is 15.4. The Hall–Kier alpha value is -3.41. The first kappa shape index (κ1) is 77.6. The van der Waals surface area contributed by atoms with Crippen LogP contribution in [0.1, 0.15) is 355 Å². The Balaban J connectivity index is 4.37. The van der Waals surface area contributed by atoms with Crippen LogP contribution >= 0.6 is 0 Å². The SMILES string of the molecule is CC/C=C\C/C=C\C/C=C\C/C=C\C/C=C\C/C=C\C/C=C\CCCCCCCC(=O)OCC(COC(=O)CCCCCCCCCCCCCCCCCCC)OC(=O)CCCCCCCCCCCCCCCCCCCCC. The van der Waals surface area contributed by atoms with E-state index in [2.05, 4.69) is 106 Å². The minimum atomic E-state index is -0.784. The molecule has 0 aliphatic rings. The molecule has 6 heteroatoms. The zero-order valence-electron chi connectivity index (χ0n) is 53.8. The Morgan fingerprint density at radius 3 is 0.753 bits per heavy atom. The first-order valence-electron chi connectivity index (χ1n) is 35.1. The number of hydrogen-bond donors (Lipinski definition) is 0. The lowest BCUT2D eigenvalue weighted by Gasteiger charge is -2.18. The molecule has 0 aromatic rings. The zero-order chi connectivity index (χ0) is 58.5. The predicted molar refractivity (Wildman–Crippen MR) is 353 cm³/mol. The lowest BCUT2D eigenvalue weighted by atomic mass is 10.0. The van der Waals surface area contributed by atoms with E-state index in [9.17, 15) is 14.4 Å². The standard InChI is InChI=1S/C75H132O6/c1-4-7-10-13-16-19-22-25-28-31-33-34-35-36-37-38-39-40-42-44-47-50-53-56-59-62-65-68-74(77)80-71-72(70-79-73(76)67-64-61-58-55-52-49-46-43-30-27-24-21-18-15-12-9-6-3)81-75(78)69-66-63-60-57-54-51-48-45-41-32-29-26-23-20-17-14-11-8-5-2/h7,10,16,19,25,28,33-34,36-37,39-40,44,47,72H,4-6,8-9,11-15,17-18,20-24,26-27,29-32,35,38,41-43,45-46,48-71H2,1-3H3/b10-7-,19-16-,28-25-,34-33-,37-36-,40-39-,47-44-. The van der Waals surface area contributed by atoms with Crippen LogP contribution in [0.2, 0.25) is 0 Å². The van der Waals surface area contributed by atoms with Gasteiger partial charge in [-0.1, -0.05) is 343 Å². The van der Waals surface area contributed by atoms with E-state index in [1.165, 1.54) is 193 Å². The van der Waals surface area contributed by atoms with Crippen LogP contribution in [0.3, 0.4) is 0 Å². The molecule has 0 saturated carbocycles. The lowest BCUT2D eigenvalue weighted by molar-refractivity contribution is -0.167. The molecule has 0 radical (unpaired) electrons. The van der Waals surface area contributed by atoms with Crippen LogP contribution < -0.4 is 0 Å². The second-order valence-electron chi connectivity index (χ2n) is 23.4. The van der Waals surface area contributed by atoms with Gasteiger partial charge in [0, 0.05) is 19.3 Å².